The van der Waals surface area contributed by atoms with Crippen molar-refractivity contribution in [1.29, 1.82) is 0 Å². The molecule has 102 valence electrons. The van der Waals surface area contributed by atoms with Crippen LogP contribution in [0.1, 0.15) is 60.3 Å². The lowest BCUT2D eigenvalue weighted by atomic mass is 9.86. The fourth-order valence-corrected chi connectivity index (χ4v) is 1.68. The third kappa shape index (κ3) is 5.39. The predicted molar refractivity (Wildman–Crippen MR) is 73.4 cm³/mol. The van der Waals surface area contributed by atoms with Crippen molar-refractivity contribution < 1.29 is 5.21 Å². The molecule has 0 aliphatic heterocycles. The normalized spacial score (nSPS) is 14.1. The van der Waals surface area contributed by atoms with E-state index in [-0.39, 0.29) is 11.0 Å². The van der Waals surface area contributed by atoms with Gasteiger partial charge in [0.2, 0.25) is 0 Å². The first kappa shape index (κ1) is 16.2. The first-order valence-electron chi connectivity index (χ1n) is 6.54. The second kappa shape index (κ2) is 6.84. The van der Waals surface area contributed by atoms with Crippen LogP contribution >= 0.6 is 0 Å². The van der Waals surface area contributed by atoms with Crippen molar-refractivity contribution in [3.05, 3.63) is 0 Å². The maximum atomic E-state index is 8.68. The number of nitrogens with one attached hydrogen (secondary N) is 1. The Morgan fingerprint density at radius 3 is 2.18 bits per heavy atom. The first-order valence-corrected chi connectivity index (χ1v) is 6.54. The lowest BCUT2D eigenvalue weighted by molar-refractivity contribution is 0.298. The number of hydrogen-bond acceptors (Lipinski definition) is 3. The van der Waals surface area contributed by atoms with Gasteiger partial charge in [0.1, 0.15) is 5.84 Å². The van der Waals surface area contributed by atoms with Gasteiger partial charge in [-0.3, -0.25) is 0 Å². The van der Waals surface area contributed by atoms with E-state index in [1.165, 1.54) is 0 Å². The lowest BCUT2D eigenvalue weighted by Gasteiger charge is -2.29. The average Bonchev–Trinajstić information content (AvgIpc) is 2.33. The molecule has 0 saturated heterocycles. The molecular weight excluding hydrogens is 214 g/mol. The summed E-state index contributed by atoms with van der Waals surface area (Å²) in [6, 6.07) is 0. The van der Waals surface area contributed by atoms with E-state index in [2.05, 4.69) is 31.2 Å². The van der Waals surface area contributed by atoms with Gasteiger partial charge >= 0.3 is 0 Å². The summed E-state index contributed by atoms with van der Waals surface area (Å²) in [4.78, 5) is 0. The quantitative estimate of drug-likeness (QED) is 0.202. The molecule has 0 aliphatic carbocycles. The van der Waals surface area contributed by atoms with Gasteiger partial charge in [-0.1, -0.05) is 32.9 Å². The van der Waals surface area contributed by atoms with E-state index in [9.17, 15) is 0 Å². The zero-order valence-electron chi connectivity index (χ0n) is 12.0. The van der Waals surface area contributed by atoms with Gasteiger partial charge in [0.15, 0.2) is 0 Å². The first-order chi connectivity index (χ1) is 7.81. The maximum Gasteiger partial charge on any atom is 0.144 e. The van der Waals surface area contributed by atoms with E-state index in [0.717, 1.165) is 32.2 Å². The van der Waals surface area contributed by atoms with Crippen molar-refractivity contribution in [3.8, 4) is 0 Å². The van der Waals surface area contributed by atoms with Gasteiger partial charge in [0.05, 0.1) is 0 Å². The highest BCUT2D eigenvalue weighted by atomic mass is 16.4. The molecule has 0 heterocycles. The summed E-state index contributed by atoms with van der Waals surface area (Å²) >= 11 is 0. The van der Waals surface area contributed by atoms with E-state index in [0.29, 0.717) is 5.84 Å². The van der Waals surface area contributed by atoms with Gasteiger partial charge in [-0.15, -0.1) is 0 Å². The second-order valence-corrected chi connectivity index (χ2v) is 5.67. The molecular formula is C13H29N3O. The molecule has 0 aromatic carbocycles. The van der Waals surface area contributed by atoms with Crippen LogP contribution in [0.3, 0.4) is 0 Å². The molecule has 0 aliphatic rings. The molecule has 0 unspecified atom stereocenters. The van der Waals surface area contributed by atoms with Crippen LogP contribution in [0.2, 0.25) is 0 Å². The molecule has 0 aromatic rings. The number of oxime groups is 1. The number of nitrogens with zero attached hydrogens (tertiary/aromatic N) is 1. The van der Waals surface area contributed by atoms with E-state index >= 15 is 0 Å². The highest BCUT2D eigenvalue weighted by molar-refractivity contribution is 5.85. The maximum absolute atomic E-state index is 8.68. The lowest BCUT2D eigenvalue weighted by Crippen LogP contribution is -2.42. The van der Waals surface area contributed by atoms with Gasteiger partial charge in [0.25, 0.3) is 0 Å². The molecule has 4 N–H and O–H groups in total. The standard InChI is InChI=1S/C13H29N3O/c1-6-13(5,7-2)15-10-8-9-12(3,4)11(14)16-17/h15,17H,6-10H2,1-5H3,(H2,14,16). The largest absolute Gasteiger partial charge is 0.409 e. The number of nitrogens with two attached hydrogens (primary N) is 1. The van der Waals surface area contributed by atoms with Crippen molar-refractivity contribution in [2.24, 2.45) is 16.3 Å². The van der Waals surface area contributed by atoms with E-state index < -0.39 is 0 Å². The highest BCUT2D eigenvalue weighted by Crippen LogP contribution is 2.22. The number of rotatable bonds is 8. The topological polar surface area (TPSA) is 70.6 Å². The molecule has 4 nitrogen and oxygen atoms in total. The minimum atomic E-state index is -0.231. The SMILES string of the molecule is CCC(C)(CC)NCCCC(C)(C)C(N)=NO. The average molecular weight is 243 g/mol. The van der Waals surface area contributed by atoms with Crippen LogP contribution in [0.5, 0.6) is 0 Å². The molecule has 0 rings (SSSR count). The zero-order chi connectivity index (χ0) is 13.5. The summed E-state index contributed by atoms with van der Waals surface area (Å²) in [7, 11) is 0. The summed E-state index contributed by atoms with van der Waals surface area (Å²) in [5.74, 6) is 0.311. The van der Waals surface area contributed by atoms with Gasteiger partial charge < -0.3 is 16.3 Å². The van der Waals surface area contributed by atoms with Crippen LogP contribution in [0, 0.1) is 5.41 Å². The zero-order valence-corrected chi connectivity index (χ0v) is 12.0. The second-order valence-electron chi connectivity index (χ2n) is 5.67. The Bertz CT molecular complexity index is 245. The molecule has 0 radical (unpaired) electrons. The smallest absolute Gasteiger partial charge is 0.144 e. The number of amidine groups is 1. The van der Waals surface area contributed by atoms with Crippen LogP contribution in [-0.4, -0.2) is 23.1 Å². The summed E-state index contributed by atoms with van der Waals surface area (Å²) in [5, 5.41) is 15.4. The molecule has 0 saturated carbocycles. The summed E-state index contributed by atoms with van der Waals surface area (Å²) in [6.45, 7) is 11.6. The Labute approximate surface area is 106 Å². The molecule has 0 aromatic heterocycles. The molecule has 0 bridgehead atoms. The predicted octanol–water partition coefficient (Wildman–Crippen LogP) is 2.71. The van der Waals surface area contributed by atoms with Crippen molar-refractivity contribution in [2.45, 2.75) is 65.8 Å². The summed E-state index contributed by atoms with van der Waals surface area (Å²) in [5.41, 5.74) is 5.66. The monoisotopic (exact) mass is 243 g/mol. The van der Waals surface area contributed by atoms with E-state index in [1.54, 1.807) is 0 Å². The molecule has 4 heteroatoms. The number of hydrogen-bond donors (Lipinski definition) is 3. The molecule has 17 heavy (non-hydrogen) atoms. The van der Waals surface area contributed by atoms with Crippen LogP contribution in [0.25, 0.3) is 0 Å². The summed E-state index contributed by atoms with van der Waals surface area (Å²) < 4.78 is 0. The third-order valence-corrected chi connectivity index (χ3v) is 3.89. The minimum Gasteiger partial charge on any atom is -0.409 e. The van der Waals surface area contributed by atoms with Crippen molar-refractivity contribution >= 4 is 5.84 Å². The Morgan fingerprint density at radius 1 is 1.24 bits per heavy atom. The van der Waals surface area contributed by atoms with Crippen molar-refractivity contribution in [1.82, 2.24) is 5.32 Å². The molecule has 0 spiro atoms. The van der Waals surface area contributed by atoms with Gasteiger partial charge in [0, 0.05) is 11.0 Å². The summed E-state index contributed by atoms with van der Waals surface area (Å²) in [6.07, 6.45) is 4.21. The van der Waals surface area contributed by atoms with Gasteiger partial charge in [-0.2, -0.15) is 0 Å². The van der Waals surface area contributed by atoms with Crippen LogP contribution in [0.15, 0.2) is 5.16 Å². The third-order valence-electron chi connectivity index (χ3n) is 3.89. The Morgan fingerprint density at radius 2 is 1.76 bits per heavy atom. The van der Waals surface area contributed by atoms with E-state index in [1.807, 2.05) is 13.8 Å². The van der Waals surface area contributed by atoms with Crippen molar-refractivity contribution in [2.75, 3.05) is 6.54 Å². The fraction of sp³-hybridized carbons (Fsp3) is 0.923. The minimum absolute atomic E-state index is 0.231. The van der Waals surface area contributed by atoms with Crippen molar-refractivity contribution in [3.63, 3.8) is 0 Å². The van der Waals surface area contributed by atoms with Crippen LogP contribution in [0.4, 0.5) is 0 Å². The molecule has 0 atom stereocenters. The Kier molecular flexibility index (Phi) is 6.53. The molecule has 0 amide bonds. The Balaban J connectivity index is 4.01. The highest BCUT2D eigenvalue weighted by Gasteiger charge is 2.24. The fourth-order valence-electron chi connectivity index (χ4n) is 1.68. The Hall–Kier alpha value is -0.770. The van der Waals surface area contributed by atoms with Crippen LogP contribution < -0.4 is 11.1 Å². The van der Waals surface area contributed by atoms with E-state index in [4.69, 9.17) is 10.9 Å². The van der Waals surface area contributed by atoms with Gasteiger partial charge in [-0.25, -0.2) is 0 Å². The van der Waals surface area contributed by atoms with Gasteiger partial charge in [-0.05, 0) is 39.2 Å². The van der Waals surface area contributed by atoms with Crippen LogP contribution in [-0.2, 0) is 0 Å². The molecule has 0 fully saturated rings.